The second kappa shape index (κ2) is 9.62. The Balaban J connectivity index is 1.50. The van der Waals surface area contributed by atoms with E-state index in [9.17, 15) is 4.80 Å². The third-order valence-corrected chi connectivity index (χ3v) is 14.0. The van der Waals surface area contributed by atoms with E-state index in [0.29, 0.717) is 32.3 Å². The molecule has 0 aromatic carbocycles. The Morgan fingerprint density at radius 2 is 1.14 bits per heavy atom. The minimum absolute atomic E-state index is 0.158. The lowest BCUT2D eigenvalue weighted by Crippen LogP contribution is -2.60. The van der Waals surface area contributed by atoms with E-state index in [4.69, 9.17) is 36.7 Å². The van der Waals surface area contributed by atoms with E-state index >= 15 is 0 Å². The highest BCUT2D eigenvalue weighted by Crippen LogP contribution is 2.22. The molecule has 3 fully saturated rings. The molecule has 164 valence electrons. The SMILES string of the molecule is C[Si](C)(COCC1CO1)O[Si](C)(COCC1CO1)O[Si](C)(O)COCC1CO1. The standard InChI is InChI=1S/C16H34O9Si3/c1-26(2,11-18-5-14-8-21-14)24-28(4,13-20-7-16-10-23-16)25-27(3,17)12-19-6-15-9-22-15/h14-17H,5-13H2,1-4H3. The van der Waals surface area contributed by atoms with E-state index in [1.54, 1.807) is 6.55 Å². The van der Waals surface area contributed by atoms with Crippen molar-refractivity contribution in [2.75, 3.05) is 58.3 Å². The molecule has 9 nitrogen and oxygen atoms in total. The average molecular weight is 455 g/mol. The van der Waals surface area contributed by atoms with E-state index in [0.717, 1.165) is 19.8 Å². The largest absolute Gasteiger partial charge is 0.433 e. The maximum Gasteiger partial charge on any atom is 0.350 e. The Labute approximate surface area is 170 Å². The van der Waals surface area contributed by atoms with Crippen LogP contribution in [0.25, 0.3) is 0 Å². The minimum atomic E-state index is -3.07. The summed E-state index contributed by atoms with van der Waals surface area (Å²) in [5.41, 5.74) is 0. The van der Waals surface area contributed by atoms with E-state index in [1.807, 2.05) is 6.55 Å². The van der Waals surface area contributed by atoms with Gasteiger partial charge in [0.05, 0.1) is 58.3 Å². The smallest absolute Gasteiger partial charge is 0.350 e. The van der Waals surface area contributed by atoms with Crippen LogP contribution in [-0.2, 0) is 36.7 Å². The van der Waals surface area contributed by atoms with E-state index in [-0.39, 0.29) is 24.5 Å². The summed E-state index contributed by atoms with van der Waals surface area (Å²) in [4.78, 5) is 10.9. The van der Waals surface area contributed by atoms with Crippen LogP contribution in [0.15, 0.2) is 0 Å². The first-order chi connectivity index (χ1) is 13.1. The predicted octanol–water partition coefficient (Wildman–Crippen LogP) is 0.225. The zero-order chi connectivity index (χ0) is 20.3. The van der Waals surface area contributed by atoms with Crippen molar-refractivity contribution >= 4 is 25.4 Å². The van der Waals surface area contributed by atoms with Crippen LogP contribution >= 0.6 is 0 Å². The molecule has 0 bridgehead atoms. The van der Waals surface area contributed by atoms with Crippen molar-refractivity contribution in [1.29, 1.82) is 0 Å². The molecule has 0 aromatic rings. The molecule has 3 saturated heterocycles. The number of hydrogen-bond donors (Lipinski definition) is 1. The van der Waals surface area contributed by atoms with Gasteiger partial charge in [-0.25, -0.2) is 0 Å². The van der Waals surface area contributed by atoms with Gasteiger partial charge in [-0.05, 0) is 26.2 Å². The van der Waals surface area contributed by atoms with Gasteiger partial charge < -0.3 is 41.4 Å². The highest BCUT2D eigenvalue weighted by atomic mass is 28.5. The molecule has 0 radical (unpaired) electrons. The van der Waals surface area contributed by atoms with Crippen LogP contribution in [0.1, 0.15) is 0 Å². The Kier molecular flexibility index (Phi) is 7.89. The highest BCUT2D eigenvalue weighted by molar-refractivity contribution is 6.86. The molecule has 0 saturated carbocycles. The quantitative estimate of drug-likeness (QED) is 0.259. The van der Waals surface area contributed by atoms with Crippen LogP contribution in [0.5, 0.6) is 0 Å². The lowest BCUT2D eigenvalue weighted by Gasteiger charge is -2.39. The Bertz CT molecular complexity index is 464. The second-order valence-electron chi connectivity index (χ2n) is 8.68. The molecule has 3 rings (SSSR count). The molecule has 3 aliphatic rings. The molecule has 0 spiro atoms. The number of hydrogen-bond acceptors (Lipinski definition) is 9. The van der Waals surface area contributed by atoms with Gasteiger partial charge in [0.1, 0.15) is 18.3 Å². The molecule has 3 aliphatic heterocycles. The number of ether oxygens (including phenoxy) is 6. The fourth-order valence-electron chi connectivity index (χ4n) is 2.87. The Morgan fingerprint density at radius 1 is 0.714 bits per heavy atom. The summed E-state index contributed by atoms with van der Waals surface area (Å²) >= 11 is 0. The lowest BCUT2D eigenvalue weighted by molar-refractivity contribution is 0.109. The normalized spacial score (nSPS) is 30.5. The highest BCUT2D eigenvalue weighted by Gasteiger charge is 2.46. The summed E-state index contributed by atoms with van der Waals surface area (Å²) in [6.45, 7) is 11.7. The zero-order valence-corrected chi connectivity index (χ0v) is 20.3. The Morgan fingerprint density at radius 3 is 1.61 bits per heavy atom. The van der Waals surface area contributed by atoms with Crippen LogP contribution in [0.2, 0.25) is 26.2 Å². The first-order valence-corrected chi connectivity index (χ1v) is 18.1. The third-order valence-electron chi connectivity index (χ3n) is 4.23. The van der Waals surface area contributed by atoms with Crippen molar-refractivity contribution in [2.24, 2.45) is 0 Å². The fourth-order valence-corrected chi connectivity index (χ4v) is 14.3. The van der Waals surface area contributed by atoms with Crippen LogP contribution < -0.4 is 0 Å². The average Bonchev–Trinajstić information content (AvgIpc) is 3.40. The zero-order valence-electron chi connectivity index (χ0n) is 17.3. The predicted molar refractivity (Wildman–Crippen MR) is 107 cm³/mol. The maximum atomic E-state index is 10.9. The summed E-state index contributed by atoms with van der Waals surface area (Å²) < 4.78 is 45.5. The summed E-state index contributed by atoms with van der Waals surface area (Å²) in [7, 11) is -8.06. The van der Waals surface area contributed by atoms with Crippen LogP contribution in [0.3, 0.4) is 0 Å². The van der Waals surface area contributed by atoms with Gasteiger partial charge in [0.15, 0.2) is 0 Å². The molecule has 28 heavy (non-hydrogen) atoms. The monoisotopic (exact) mass is 454 g/mol. The lowest BCUT2D eigenvalue weighted by atomic mass is 10.5. The van der Waals surface area contributed by atoms with Gasteiger partial charge in [-0.15, -0.1) is 0 Å². The van der Waals surface area contributed by atoms with E-state index in [2.05, 4.69) is 13.1 Å². The van der Waals surface area contributed by atoms with Gasteiger partial charge in [-0.3, -0.25) is 0 Å². The van der Waals surface area contributed by atoms with Crippen LogP contribution in [-0.4, -0.2) is 107 Å². The van der Waals surface area contributed by atoms with Crippen molar-refractivity contribution < 1.29 is 41.4 Å². The van der Waals surface area contributed by atoms with Gasteiger partial charge in [0.2, 0.25) is 8.32 Å². The minimum Gasteiger partial charge on any atom is -0.433 e. The van der Waals surface area contributed by atoms with Crippen LogP contribution in [0, 0.1) is 0 Å². The van der Waals surface area contributed by atoms with Gasteiger partial charge in [0, 0.05) is 0 Å². The van der Waals surface area contributed by atoms with Gasteiger partial charge in [-0.2, -0.15) is 0 Å². The maximum absolute atomic E-state index is 10.9. The van der Waals surface area contributed by atoms with Crippen molar-refractivity contribution in [3.05, 3.63) is 0 Å². The summed E-state index contributed by atoms with van der Waals surface area (Å²) in [6.07, 6.45) is 1.62. The molecule has 0 aromatic heterocycles. The molecule has 0 aliphatic carbocycles. The van der Waals surface area contributed by atoms with Crippen molar-refractivity contribution in [3.63, 3.8) is 0 Å². The van der Waals surface area contributed by atoms with Gasteiger partial charge in [-0.1, -0.05) is 0 Å². The van der Waals surface area contributed by atoms with Crippen LogP contribution in [0.4, 0.5) is 0 Å². The summed E-state index contributed by atoms with van der Waals surface area (Å²) in [5, 5.41) is 0. The van der Waals surface area contributed by atoms with Gasteiger partial charge >= 0.3 is 17.1 Å². The number of rotatable bonds is 16. The van der Waals surface area contributed by atoms with E-state index in [1.165, 1.54) is 0 Å². The second-order valence-corrected chi connectivity index (χ2v) is 19.3. The van der Waals surface area contributed by atoms with Crippen molar-refractivity contribution in [1.82, 2.24) is 0 Å². The molecular weight excluding hydrogens is 420 g/mol. The summed E-state index contributed by atoms with van der Waals surface area (Å²) in [6, 6.07) is 0. The Hall–Kier alpha value is 0.291. The van der Waals surface area contributed by atoms with E-state index < -0.39 is 25.4 Å². The fraction of sp³-hybridized carbons (Fsp3) is 1.00. The molecular formula is C16H34O9Si3. The van der Waals surface area contributed by atoms with Gasteiger partial charge in [0.25, 0.3) is 0 Å². The van der Waals surface area contributed by atoms with Crippen molar-refractivity contribution in [2.45, 2.75) is 44.5 Å². The number of epoxide rings is 3. The first kappa shape index (κ1) is 23.0. The molecule has 5 atom stereocenters. The molecule has 12 heteroatoms. The first-order valence-electron chi connectivity index (χ1n) is 9.86. The van der Waals surface area contributed by atoms with Crippen molar-refractivity contribution in [3.8, 4) is 0 Å². The molecule has 5 unspecified atom stereocenters. The topological polar surface area (TPSA) is 104 Å². The molecule has 0 amide bonds. The third kappa shape index (κ3) is 9.40. The molecule has 3 heterocycles. The summed E-state index contributed by atoms with van der Waals surface area (Å²) in [5.74, 6) is 0. The molecule has 1 N–H and O–H groups in total.